The Morgan fingerprint density at radius 1 is 1.60 bits per heavy atom. The van der Waals surface area contributed by atoms with Gasteiger partial charge < -0.3 is 4.74 Å². The number of carbonyl (C=O) groups is 1. The highest BCUT2D eigenvalue weighted by Gasteiger charge is 1.98. The predicted molar refractivity (Wildman–Crippen MR) is 40.3 cm³/mol. The van der Waals surface area contributed by atoms with Gasteiger partial charge in [-0.05, 0) is 13.3 Å². The summed E-state index contributed by atoms with van der Waals surface area (Å²) in [4.78, 5) is 10.6. The van der Waals surface area contributed by atoms with Crippen molar-refractivity contribution >= 4 is 5.97 Å². The molecule has 0 unspecified atom stereocenters. The lowest BCUT2D eigenvalue weighted by Gasteiger charge is -1.96. The van der Waals surface area contributed by atoms with E-state index in [4.69, 9.17) is 0 Å². The van der Waals surface area contributed by atoms with Gasteiger partial charge in [-0.1, -0.05) is 12.2 Å². The average Bonchev–Trinajstić information content (AvgIpc) is 1.85. The third-order valence-electron chi connectivity index (χ3n) is 0.971. The van der Waals surface area contributed by atoms with Crippen LogP contribution in [0, 0.1) is 0 Å². The number of carbonyl (C=O) groups excluding carboxylic acids is 1. The van der Waals surface area contributed by atoms with E-state index < -0.39 is 0 Å². The fourth-order valence-corrected chi connectivity index (χ4v) is 0.467. The van der Waals surface area contributed by atoms with E-state index >= 15 is 0 Å². The zero-order chi connectivity index (χ0) is 7.98. The first-order chi connectivity index (χ1) is 4.66. The lowest BCUT2D eigenvalue weighted by Crippen LogP contribution is -1.98. The summed E-state index contributed by atoms with van der Waals surface area (Å²) in [6.07, 6.45) is 2.22. The third-order valence-corrected chi connectivity index (χ3v) is 0.971. The van der Waals surface area contributed by atoms with E-state index in [1.165, 1.54) is 0 Å². The van der Waals surface area contributed by atoms with Gasteiger partial charge in [0.1, 0.15) is 0 Å². The van der Waals surface area contributed by atoms with Crippen LogP contribution in [0.2, 0.25) is 0 Å². The molecule has 0 radical (unpaired) electrons. The zero-order valence-electron chi connectivity index (χ0n) is 6.22. The van der Waals surface area contributed by atoms with Gasteiger partial charge in [-0.15, -0.1) is 6.58 Å². The van der Waals surface area contributed by atoms with Gasteiger partial charge in [-0.25, -0.2) is 0 Å². The molecule has 2 heteroatoms. The van der Waals surface area contributed by atoms with Gasteiger partial charge >= 0.3 is 5.97 Å². The van der Waals surface area contributed by atoms with Crippen molar-refractivity contribution in [1.29, 1.82) is 0 Å². The Balaban J connectivity index is 3.39. The van der Waals surface area contributed by atoms with Crippen LogP contribution in [0.5, 0.6) is 0 Å². The fraction of sp³-hybridized carbons (Fsp3) is 0.375. The summed E-state index contributed by atoms with van der Waals surface area (Å²) in [5.74, 6) is -0.252. The zero-order valence-corrected chi connectivity index (χ0v) is 6.22. The summed E-state index contributed by atoms with van der Waals surface area (Å²) in [6, 6.07) is 0. The van der Waals surface area contributed by atoms with E-state index in [9.17, 15) is 4.79 Å². The Hall–Kier alpha value is -1.05. The Labute approximate surface area is 61.2 Å². The second-order valence-electron chi connectivity index (χ2n) is 2.11. The minimum Gasteiger partial charge on any atom is -0.435 e. The van der Waals surface area contributed by atoms with Gasteiger partial charge in [-0.2, -0.15) is 0 Å². The van der Waals surface area contributed by atoms with Crippen molar-refractivity contribution in [3.63, 3.8) is 0 Å². The Bertz CT molecular complexity index is 147. The van der Waals surface area contributed by atoms with E-state index in [2.05, 4.69) is 17.9 Å². The van der Waals surface area contributed by atoms with Crippen molar-refractivity contribution in [2.45, 2.75) is 19.8 Å². The van der Waals surface area contributed by atoms with Gasteiger partial charge in [0.05, 0.1) is 6.26 Å². The standard InChI is InChI=1S/C8H12O2/c1-4-10-8(9)6-5-7(2)3/h4H,1-2,5-6H2,3H3. The molecule has 10 heavy (non-hydrogen) atoms. The van der Waals surface area contributed by atoms with Crippen LogP contribution in [0.4, 0.5) is 0 Å². The quantitative estimate of drug-likeness (QED) is 0.339. The molecular weight excluding hydrogens is 128 g/mol. The monoisotopic (exact) mass is 140 g/mol. The maximum Gasteiger partial charge on any atom is 0.310 e. The second-order valence-corrected chi connectivity index (χ2v) is 2.11. The molecule has 0 aliphatic rings. The molecule has 0 aromatic rings. The highest BCUT2D eigenvalue weighted by molar-refractivity contribution is 5.70. The van der Waals surface area contributed by atoms with Gasteiger partial charge in [0, 0.05) is 6.42 Å². The van der Waals surface area contributed by atoms with Crippen molar-refractivity contribution in [3.8, 4) is 0 Å². The topological polar surface area (TPSA) is 26.3 Å². The summed E-state index contributed by atoms with van der Waals surface area (Å²) in [5, 5.41) is 0. The molecule has 2 nitrogen and oxygen atoms in total. The molecule has 0 heterocycles. The van der Waals surface area contributed by atoms with Crippen LogP contribution in [0.15, 0.2) is 25.0 Å². The van der Waals surface area contributed by atoms with E-state index in [1.807, 2.05) is 6.92 Å². The maximum absolute atomic E-state index is 10.6. The predicted octanol–water partition coefficient (Wildman–Crippen LogP) is 2.03. The highest BCUT2D eigenvalue weighted by Crippen LogP contribution is 2.01. The number of allylic oxidation sites excluding steroid dienone is 1. The fourth-order valence-electron chi connectivity index (χ4n) is 0.467. The van der Waals surface area contributed by atoms with Crippen LogP contribution in [0.1, 0.15) is 19.8 Å². The molecule has 0 amide bonds. The summed E-state index contributed by atoms with van der Waals surface area (Å²) in [7, 11) is 0. The number of rotatable bonds is 4. The number of ether oxygens (including phenoxy) is 1. The third kappa shape index (κ3) is 5.09. The molecule has 0 aromatic heterocycles. The first-order valence-corrected chi connectivity index (χ1v) is 3.11. The van der Waals surface area contributed by atoms with E-state index in [1.54, 1.807) is 0 Å². The van der Waals surface area contributed by atoms with Crippen molar-refractivity contribution in [3.05, 3.63) is 25.0 Å². The Morgan fingerprint density at radius 2 is 2.20 bits per heavy atom. The molecule has 0 fully saturated rings. The molecule has 0 saturated heterocycles. The lowest BCUT2D eigenvalue weighted by molar-refractivity contribution is -0.137. The van der Waals surface area contributed by atoms with Crippen LogP contribution < -0.4 is 0 Å². The van der Waals surface area contributed by atoms with Gasteiger partial charge in [0.25, 0.3) is 0 Å². The highest BCUT2D eigenvalue weighted by atomic mass is 16.5. The van der Waals surface area contributed by atoms with Crippen LogP contribution in [0.3, 0.4) is 0 Å². The second kappa shape index (κ2) is 4.79. The maximum atomic E-state index is 10.6. The minimum atomic E-state index is -0.252. The van der Waals surface area contributed by atoms with Crippen molar-refractivity contribution in [2.24, 2.45) is 0 Å². The summed E-state index contributed by atoms with van der Waals surface area (Å²) < 4.78 is 4.48. The van der Waals surface area contributed by atoms with Crippen molar-refractivity contribution in [2.75, 3.05) is 0 Å². The molecule has 0 rings (SSSR count). The molecule has 0 bridgehead atoms. The van der Waals surface area contributed by atoms with E-state index in [0.717, 1.165) is 11.8 Å². The van der Waals surface area contributed by atoms with E-state index in [0.29, 0.717) is 12.8 Å². The molecule has 0 aromatic carbocycles. The molecule has 0 saturated carbocycles. The molecule has 0 spiro atoms. The molecule has 0 aliphatic carbocycles. The van der Waals surface area contributed by atoms with Crippen LogP contribution in [-0.4, -0.2) is 5.97 Å². The molecule has 0 aliphatic heterocycles. The minimum absolute atomic E-state index is 0.252. The van der Waals surface area contributed by atoms with Gasteiger partial charge in [0.15, 0.2) is 0 Å². The number of hydrogen-bond donors (Lipinski definition) is 0. The lowest BCUT2D eigenvalue weighted by atomic mass is 10.2. The SMILES string of the molecule is C=COC(=O)CCC(=C)C. The molecule has 56 valence electrons. The normalized spacial score (nSPS) is 8.50. The summed E-state index contributed by atoms with van der Waals surface area (Å²) >= 11 is 0. The molecule has 0 atom stereocenters. The van der Waals surface area contributed by atoms with Crippen LogP contribution in [-0.2, 0) is 9.53 Å². The van der Waals surface area contributed by atoms with Crippen molar-refractivity contribution in [1.82, 2.24) is 0 Å². The first-order valence-electron chi connectivity index (χ1n) is 3.11. The Kier molecular flexibility index (Phi) is 4.29. The molecular formula is C8H12O2. The van der Waals surface area contributed by atoms with E-state index in [-0.39, 0.29) is 5.97 Å². The Morgan fingerprint density at radius 3 is 2.60 bits per heavy atom. The number of esters is 1. The van der Waals surface area contributed by atoms with Gasteiger partial charge in [-0.3, -0.25) is 4.79 Å². The average molecular weight is 140 g/mol. The van der Waals surface area contributed by atoms with Gasteiger partial charge in [0.2, 0.25) is 0 Å². The summed E-state index contributed by atoms with van der Waals surface area (Å²) in [5.41, 5.74) is 0.987. The largest absolute Gasteiger partial charge is 0.435 e. The number of hydrogen-bond acceptors (Lipinski definition) is 2. The smallest absolute Gasteiger partial charge is 0.310 e. The van der Waals surface area contributed by atoms with Crippen LogP contribution >= 0.6 is 0 Å². The summed E-state index contributed by atoms with van der Waals surface area (Å²) in [6.45, 7) is 8.79. The molecule has 0 N–H and O–H groups in total. The first kappa shape index (κ1) is 8.95. The van der Waals surface area contributed by atoms with Crippen molar-refractivity contribution < 1.29 is 9.53 Å². The van der Waals surface area contributed by atoms with Crippen LogP contribution in [0.25, 0.3) is 0 Å².